The second-order valence-corrected chi connectivity index (χ2v) is 15.2. The molecule has 9 rings (SSSR count). The first-order chi connectivity index (χ1) is 25.8. The number of carbonyl (C=O) groups excluding carboxylic acids is 1. The van der Waals surface area contributed by atoms with Gasteiger partial charge in [0.15, 0.2) is 5.82 Å². The van der Waals surface area contributed by atoms with Crippen molar-refractivity contribution in [3.05, 3.63) is 53.4 Å². The van der Waals surface area contributed by atoms with Crippen LogP contribution in [-0.4, -0.2) is 138 Å². The van der Waals surface area contributed by atoms with E-state index in [0.29, 0.717) is 92.7 Å². The van der Waals surface area contributed by atoms with Crippen LogP contribution in [0.2, 0.25) is 5.02 Å². The van der Waals surface area contributed by atoms with Crippen LogP contribution in [0, 0.1) is 17.7 Å². The molecule has 5 aliphatic heterocycles. The van der Waals surface area contributed by atoms with Crippen molar-refractivity contribution >= 4 is 45.0 Å². The van der Waals surface area contributed by atoms with Gasteiger partial charge >= 0.3 is 6.01 Å². The molecule has 0 N–H and O–H groups in total. The fraction of sp³-hybridized carbons (Fsp3) is 0.487. The minimum absolute atomic E-state index is 0.00873. The van der Waals surface area contributed by atoms with E-state index in [1.54, 1.807) is 18.3 Å². The Morgan fingerprint density at radius 3 is 2.70 bits per heavy atom. The van der Waals surface area contributed by atoms with Crippen LogP contribution in [0.5, 0.6) is 6.01 Å². The molecule has 4 aromatic rings. The fourth-order valence-corrected chi connectivity index (χ4v) is 9.05. The van der Waals surface area contributed by atoms with Gasteiger partial charge in [0.25, 0.3) is 5.91 Å². The van der Waals surface area contributed by atoms with Gasteiger partial charge in [0, 0.05) is 67.9 Å². The van der Waals surface area contributed by atoms with Crippen LogP contribution >= 0.6 is 11.6 Å². The maximum absolute atomic E-state index is 17.0. The van der Waals surface area contributed by atoms with Crippen molar-refractivity contribution in [2.45, 2.75) is 36.5 Å². The van der Waals surface area contributed by atoms with E-state index in [-0.39, 0.29) is 29.7 Å². The molecule has 1 amide bonds. The smallest absolute Gasteiger partial charge is 0.319 e. The van der Waals surface area contributed by atoms with E-state index in [1.807, 2.05) is 34.1 Å². The summed E-state index contributed by atoms with van der Waals surface area (Å²) in [5.74, 6) is 5.50. The van der Waals surface area contributed by atoms with Crippen LogP contribution in [0.15, 0.2) is 42.6 Å². The molecule has 5 aliphatic rings. The van der Waals surface area contributed by atoms with Gasteiger partial charge in [0.2, 0.25) is 0 Å². The fourth-order valence-electron chi connectivity index (χ4n) is 8.77. The number of amides is 1. The molecule has 0 aliphatic carbocycles. The quantitative estimate of drug-likeness (QED) is 0.266. The third-order valence-electron chi connectivity index (χ3n) is 11.5. The van der Waals surface area contributed by atoms with Crippen LogP contribution in [0.1, 0.15) is 19.3 Å². The van der Waals surface area contributed by atoms with Crippen LogP contribution in [0.3, 0.4) is 0 Å². The Morgan fingerprint density at radius 1 is 1.06 bits per heavy atom. The summed E-state index contributed by atoms with van der Waals surface area (Å²) in [5.41, 5.74) is -0.361. The molecule has 2 aromatic heterocycles. The lowest BCUT2D eigenvalue weighted by molar-refractivity contribution is -0.164. The number of anilines is 1. The van der Waals surface area contributed by atoms with E-state index in [9.17, 15) is 9.18 Å². The molecule has 53 heavy (non-hydrogen) atoms. The lowest BCUT2D eigenvalue weighted by Gasteiger charge is -2.54. The maximum Gasteiger partial charge on any atom is 0.319 e. The molecule has 0 unspecified atom stereocenters. The van der Waals surface area contributed by atoms with Crippen LogP contribution in [-0.2, 0) is 14.3 Å². The third kappa shape index (κ3) is 6.24. The molecule has 0 saturated carbocycles. The first-order valence-electron chi connectivity index (χ1n) is 18.3. The first-order valence-corrected chi connectivity index (χ1v) is 18.7. The van der Waals surface area contributed by atoms with Gasteiger partial charge in [-0.05, 0) is 36.8 Å². The lowest BCUT2D eigenvalue weighted by Crippen LogP contribution is -2.72. The Morgan fingerprint density at radius 2 is 1.89 bits per heavy atom. The molecular formula is C39H40ClF2N7O4. The molecular weight excluding hydrogens is 704 g/mol. The summed E-state index contributed by atoms with van der Waals surface area (Å²) in [4.78, 5) is 35.9. The van der Waals surface area contributed by atoms with Crippen LogP contribution in [0.4, 0.5) is 14.6 Å². The van der Waals surface area contributed by atoms with E-state index in [2.05, 4.69) is 31.6 Å². The van der Waals surface area contributed by atoms with Gasteiger partial charge in [-0.25, -0.2) is 8.78 Å². The Kier molecular flexibility index (Phi) is 9.07. The summed E-state index contributed by atoms with van der Waals surface area (Å²) in [6.45, 7) is 6.66. The first kappa shape index (κ1) is 34.6. The largest absolute Gasteiger partial charge is 0.461 e. The number of hydrogen-bond acceptors (Lipinski definition) is 10. The van der Waals surface area contributed by atoms with Crippen molar-refractivity contribution in [1.82, 2.24) is 29.7 Å². The molecule has 14 heteroatoms. The molecule has 0 bridgehead atoms. The zero-order chi connectivity index (χ0) is 36.2. The SMILES string of the molecule is O=C(C#CCN1CCOCC1)N1CCN(c2nc(OC[C@@]34CCCN3C[C@H](F)C4)nc3c(F)c(-c4cccc5cccc(Cl)c45)ncc23)CC12COC2. The summed E-state index contributed by atoms with van der Waals surface area (Å²) >= 11 is 6.65. The predicted octanol–water partition coefficient (Wildman–Crippen LogP) is 4.35. The highest BCUT2D eigenvalue weighted by molar-refractivity contribution is 6.36. The number of halogens is 3. The topological polar surface area (TPSA) is 96.4 Å². The third-order valence-corrected chi connectivity index (χ3v) is 11.8. The van der Waals surface area contributed by atoms with Crippen molar-refractivity contribution in [3.63, 3.8) is 0 Å². The molecule has 7 heterocycles. The van der Waals surface area contributed by atoms with Gasteiger partial charge in [0.05, 0.1) is 43.9 Å². The number of fused-ring (bicyclic) bond motifs is 3. The van der Waals surface area contributed by atoms with E-state index in [0.717, 1.165) is 37.9 Å². The summed E-state index contributed by atoms with van der Waals surface area (Å²) in [7, 11) is 0. The molecule has 5 saturated heterocycles. The minimum Gasteiger partial charge on any atom is -0.461 e. The van der Waals surface area contributed by atoms with Gasteiger partial charge < -0.3 is 24.0 Å². The molecule has 5 fully saturated rings. The number of morpholine rings is 1. The van der Waals surface area contributed by atoms with Gasteiger partial charge in [-0.15, -0.1) is 0 Å². The average Bonchev–Trinajstić information content (AvgIpc) is 3.69. The molecule has 276 valence electrons. The number of pyridine rings is 1. The highest BCUT2D eigenvalue weighted by Crippen LogP contribution is 2.42. The Bertz CT molecular complexity index is 2130. The number of aromatic nitrogens is 3. The highest BCUT2D eigenvalue weighted by atomic mass is 35.5. The highest BCUT2D eigenvalue weighted by Gasteiger charge is 2.51. The maximum atomic E-state index is 17.0. The molecule has 0 radical (unpaired) electrons. The zero-order valence-corrected chi connectivity index (χ0v) is 30.1. The molecule has 1 spiro atoms. The van der Waals surface area contributed by atoms with Crippen molar-refractivity contribution in [1.29, 1.82) is 0 Å². The van der Waals surface area contributed by atoms with E-state index in [4.69, 9.17) is 30.8 Å². The summed E-state index contributed by atoms with van der Waals surface area (Å²) in [5, 5.41) is 2.45. The number of rotatable bonds is 6. The summed E-state index contributed by atoms with van der Waals surface area (Å²) in [6, 6.07) is 11.1. The van der Waals surface area contributed by atoms with Gasteiger partial charge in [-0.3, -0.25) is 19.6 Å². The number of hydrogen-bond donors (Lipinski definition) is 0. The van der Waals surface area contributed by atoms with Crippen LogP contribution in [0.25, 0.3) is 32.9 Å². The van der Waals surface area contributed by atoms with Crippen molar-refractivity contribution in [2.75, 3.05) is 90.3 Å². The van der Waals surface area contributed by atoms with Crippen molar-refractivity contribution in [2.24, 2.45) is 0 Å². The summed E-state index contributed by atoms with van der Waals surface area (Å²) < 4.78 is 49.0. The number of carbonyl (C=O) groups is 1. The summed E-state index contributed by atoms with van der Waals surface area (Å²) in [6.07, 6.45) is 2.83. The Labute approximate surface area is 311 Å². The van der Waals surface area contributed by atoms with Crippen molar-refractivity contribution < 1.29 is 27.8 Å². The van der Waals surface area contributed by atoms with E-state index < -0.39 is 23.1 Å². The zero-order valence-electron chi connectivity index (χ0n) is 29.3. The molecule has 11 nitrogen and oxygen atoms in total. The average molecular weight is 744 g/mol. The van der Waals surface area contributed by atoms with Gasteiger partial charge in [0.1, 0.15) is 35.3 Å². The second kappa shape index (κ2) is 13.9. The number of piperazine rings is 1. The monoisotopic (exact) mass is 743 g/mol. The van der Waals surface area contributed by atoms with Gasteiger partial charge in [-0.1, -0.05) is 47.9 Å². The Balaban J connectivity index is 1.07. The van der Waals surface area contributed by atoms with E-state index >= 15 is 4.39 Å². The molecule has 2 atom stereocenters. The molecule has 2 aromatic carbocycles. The van der Waals surface area contributed by atoms with Gasteiger partial charge in [-0.2, -0.15) is 9.97 Å². The number of benzene rings is 2. The van der Waals surface area contributed by atoms with E-state index in [1.165, 1.54) is 0 Å². The number of nitrogens with zero attached hydrogens (tertiary/aromatic N) is 7. The standard InChI is InChI=1S/C39H40ClF2N7O4/c40-30-8-2-6-26-5-1-7-28(32(26)30)34-33(42)35-29(20-43-34)36(45-37(44-35)53-25-38-10-4-12-48(38)21-27(41)19-38)47-13-14-49(39(22-47)23-52-24-39)31(50)9-3-11-46-15-17-51-18-16-46/h1-2,5-8,20,27H,4,10-19,21-25H2/t27-,38+/m1/s1. The minimum atomic E-state index is -0.922. The number of alkyl halides is 1. The van der Waals surface area contributed by atoms with Crippen molar-refractivity contribution in [3.8, 4) is 29.1 Å². The lowest BCUT2D eigenvalue weighted by atomic mass is 9.91. The normalized spacial score (nSPS) is 24.3. The second-order valence-electron chi connectivity index (χ2n) is 14.8. The number of ether oxygens (including phenoxy) is 3. The Hall–Kier alpha value is -4.19. The van der Waals surface area contributed by atoms with Crippen LogP contribution < -0.4 is 9.64 Å². The predicted molar refractivity (Wildman–Crippen MR) is 196 cm³/mol.